The van der Waals surface area contributed by atoms with Crippen LogP contribution in [-0.2, 0) is 0 Å². The van der Waals surface area contributed by atoms with Gasteiger partial charge in [0.05, 0.1) is 0 Å². The van der Waals surface area contributed by atoms with Crippen LogP contribution >= 0.6 is 12.6 Å². The van der Waals surface area contributed by atoms with E-state index in [9.17, 15) is 0 Å². The first kappa shape index (κ1) is 8.47. The van der Waals surface area contributed by atoms with Crippen molar-refractivity contribution >= 4 is 18.3 Å². The molecule has 0 heterocycles. The van der Waals surface area contributed by atoms with Gasteiger partial charge >= 0.3 is 0 Å². The van der Waals surface area contributed by atoms with Gasteiger partial charge in [-0.1, -0.05) is 0 Å². The summed E-state index contributed by atoms with van der Waals surface area (Å²) >= 11 is 4.28. The summed E-state index contributed by atoms with van der Waals surface area (Å²) in [5.41, 5.74) is 2.39. The van der Waals surface area contributed by atoms with E-state index in [4.69, 9.17) is 0 Å². The quantitative estimate of drug-likeness (QED) is 0.645. The number of anilines is 1. The van der Waals surface area contributed by atoms with Crippen LogP contribution in [0, 0.1) is 6.92 Å². The molecule has 0 bridgehead atoms. The van der Waals surface area contributed by atoms with E-state index < -0.39 is 0 Å². The van der Waals surface area contributed by atoms with E-state index in [2.05, 4.69) is 37.9 Å². The number of benzene rings is 1. The SMILES string of the molecule is CCNc1cc(C)cc(S)c1. The van der Waals surface area contributed by atoms with Gasteiger partial charge in [-0.15, -0.1) is 12.6 Å². The molecule has 2 heteroatoms. The number of hydrogen-bond donors (Lipinski definition) is 2. The minimum atomic E-state index is 0.955. The number of aryl methyl sites for hydroxylation is 1. The largest absolute Gasteiger partial charge is 0.385 e. The van der Waals surface area contributed by atoms with Gasteiger partial charge in [0.2, 0.25) is 0 Å². The van der Waals surface area contributed by atoms with E-state index in [0.29, 0.717) is 0 Å². The Kier molecular flexibility index (Phi) is 2.83. The van der Waals surface area contributed by atoms with Crippen molar-refractivity contribution in [3.05, 3.63) is 23.8 Å². The standard InChI is InChI=1S/C9H13NS/c1-3-10-8-4-7(2)5-9(11)6-8/h4-6,10-11H,3H2,1-2H3. The molecular formula is C9H13NS. The van der Waals surface area contributed by atoms with Crippen LogP contribution in [0.15, 0.2) is 23.1 Å². The van der Waals surface area contributed by atoms with Gasteiger partial charge < -0.3 is 5.32 Å². The summed E-state index contributed by atoms with van der Waals surface area (Å²) in [5.74, 6) is 0. The molecule has 0 spiro atoms. The number of thiol groups is 1. The molecule has 1 rings (SSSR count). The van der Waals surface area contributed by atoms with Crippen molar-refractivity contribution in [3.8, 4) is 0 Å². The van der Waals surface area contributed by atoms with Gasteiger partial charge in [0.1, 0.15) is 0 Å². The number of nitrogens with one attached hydrogen (secondary N) is 1. The fourth-order valence-corrected chi connectivity index (χ4v) is 1.41. The van der Waals surface area contributed by atoms with Gasteiger partial charge in [-0.25, -0.2) is 0 Å². The summed E-state index contributed by atoms with van der Waals surface area (Å²) in [5, 5.41) is 3.24. The topological polar surface area (TPSA) is 12.0 Å². The zero-order valence-electron chi connectivity index (χ0n) is 6.89. The van der Waals surface area contributed by atoms with Crippen molar-refractivity contribution in [2.45, 2.75) is 18.7 Å². The lowest BCUT2D eigenvalue weighted by atomic mass is 10.2. The van der Waals surface area contributed by atoms with Gasteiger partial charge in [-0.3, -0.25) is 0 Å². The van der Waals surface area contributed by atoms with Crippen molar-refractivity contribution in [1.82, 2.24) is 0 Å². The molecule has 0 aliphatic carbocycles. The summed E-state index contributed by atoms with van der Waals surface area (Å²) < 4.78 is 0. The Morgan fingerprint density at radius 2 is 2.09 bits per heavy atom. The molecule has 0 aliphatic rings. The second-order valence-electron chi connectivity index (χ2n) is 2.59. The lowest BCUT2D eigenvalue weighted by Crippen LogP contribution is -1.96. The average molecular weight is 167 g/mol. The maximum Gasteiger partial charge on any atom is 0.0353 e. The second-order valence-corrected chi connectivity index (χ2v) is 3.10. The predicted octanol–water partition coefficient (Wildman–Crippen LogP) is 2.72. The molecule has 0 unspecified atom stereocenters. The zero-order valence-corrected chi connectivity index (χ0v) is 7.78. The molecule has 0 aromatic heterocycles. The Hall–Kier alpha value is -0.630. The van der Waals surface area contributed by atoms with Crippen LogP contribution in [0.4, 0.5) is 5.69 Å². The Bertz CT molecular complexity index is 225. The van der Waals surface area contributed by atoms with E-state index >= 15 is 0 Å². The van der Waals surface area contributed by atoms with E-state index in [0.717, 1.165) is 17.1 Å². The lowest BCUT2D eigenvalue weighted by molar-refractivity contribution is 1.20. The lowest BCUT2D eigenvalue weighted by Gasteiger charge is -2.04. The van der Waals surface area contributed by atoms with Crippen LogP contribution in [0.2, 0.25) is 0 Å². The molecule has 0 fully saturated rings. The molecule has 0 amide bonds. The monoisotopic (exact) mass is 167 g/mol. The molecule has 0 atom stereocenters. The zero-order chi connectivity index (χ0) is 8.27. The number of hydrogen-bond acceptors (Lipinski definition) is 2. The molecule has 0 aliphatic heterocycles. The highest BCUT2D eigenvalue weighted by Crippen LogP contribution is 2.16. The van der Waals surface area contributed by atoms with E-state index in [1.165, 1.54) is 5.56 Å². The van der Waals surface area contributed by atoms with E-state index in [-0.39, 0.29) is 0 Å². The smallest absolute Gasteiger partial charge is 0.0353 e. The summed E-state index contributed by atoms with van der Waals surface area (Å²) in [6.07, 6.45) is 0. The Morgan fingerprint density at radius 3 is 2.64 bits per heavy atom. The molecule has 1 N–H and O–H groups in total. The minimum Gasteiger partial charge on any atom is -0.385 e. The van der Waals surface area contributed by atoms with Crippen LogP contribution in [0.1, 0.15) is 12.5 Å². The predicted molar refractivity (Wildman–Crippen MR) is 52.6 cm³/mol. The van der Waals surface area contributed by atoms with Crippen molar-refractivity contribution in [2.75, 3.05) is 11.9 Å². The first-order chi connectivity index (χ1) is 5.22. The highest BCUT2D eigenvalue weighted by molar-refractivity contribution is 7.80. The fraction of sp³-hybridized carbons (Fsp3) is 0.333. The van der Waals surface area contributed by atoms with Crippen molar-refractivity contribution in [1.29, 1.82) is 0 Å². The molecule has 1 aromatic carbocycles. The van der Waals surface area contributed by atoms with Crippen molar-refractivity contribution < 1.29 is 0 Å². The van der Waals surface area contributed by atoms with Crippen LogP contribution in [0.3, 0.4) is 0 Å². The van der Waals surface area contributed by atoms with Gasteiger partial charge in [0.15, 0.2) is 0 Å². The molecule has 0 radical (unpaired) electrons. The maximum atomic E-state index is 4.28. The first-order valence-electron chi connectivity index (χ1n) is 3.77. The molecule has 1 aromatic rings. The van der Waals surface area contributed by atoms with Gasteiger partial charge in [0, 0.05) is 17.1 Å². The second kappa shape index (κ2) is 3.67. The average Bonchev–Trinajstić information content (AvgIpc) is 1.85. The van der Waals surface area contributed by atoms with Crippen LogP contribution in [0.25, 0.3) is 0 Å². The normalized spacial score (nSPS) is 9.73. The minimum absolute atomic E-state index is 0.955. The molecular weight excluding hydrogens is 154 g/mol. The fourth-order valence-electron chi connectivity index (χ4n) is 1.07. The summed E-state index contributed by atoms with van der Waals surface area (Å²) in [6, 6.07) is 6.19. The van der Waals surface area contributed by atoms with Gasteiger partial charge in [0.25, 0.3) is 0 Å². The summed E-state index contributed by atoms with van der Waals surface area (Å²) in [7, 11) is 0. The third-order valence-electron chi connectivity index (χ3n) is 1.44. The van der Waals surface area contributed by atoms with E-state index in [1.54, 1.807) is 0 Å². The Balaban J connectivity index is 2.89. The van der Waals surface area contributed by atoms with E-state index in [1.807, 2.05) is 12.1 Å². The molecule has 60 valence electrons. The third-order valence-corrected chi connectivity index (χ3v) is 1.70. The summed E-state index contributed by atoms with van der Waals surface area (Å²) in [4.78, 5) is 1.01. The maximum absolute atomic E-state index is 4.28. The van der Waals surface area contributed by atoms with Crippen LogP contribution in [0.5, 0.6) is 0 Å². The molecule has 0 saturated carbocycles. The Morgan fingerprint density at radius 1 is 1.36 bits per heavy atom. The highest BCUT2D eigenvalue weighted by atomic mass is 32.1. The number of rotatable bonds is 2. The molecule has 1 nitrogen and oxygen atoms in total. The van der Waals surface area contributed by atoms with Crippen molar-refractivity contribution in [3.63, 3.8) is 0 Å². The van der Waals surface area contributed by atoms with Crippen LogP contribution < -0.4 is 5.32 Å². The first-order valence-corrected chi connectivity index (χ1v) is 4.21. The highest BCUT2D eigenvalue weighted by Gasteiger charge is 1.92. The summed E-state index contributed by atoms with van der Waals surface area (Å²) in [6.45, 7) is 5.11. The van der Waals surface area contributed by atoms with Gasteiger partial charge in [-0.2, -0.15) is 0 Å². The molecule has 0 saturated heterocycles. The molecule has 11 heavy (non-hydrogen) atoms. The van der Waals surface area contributed by atoms with Crippen molar-refractivity contribution in [2.24, 2.45) is 0 Å². The van der Waals surface area contributed by atoms with Gasteiger partial charge in [-0.05, 0) is 37.6 Å². The third kappa shape index (κ3) is 2.46. The Labute approximate surface area is 73.2 Å². The van der Waals surface area contributed by atoms with Crippen LogP contribution in [-0.4, -0.2) is 6.54 Å².